The number of benzene rings is 3. The van der Waals surface area contributed by atoms with Crippen LogP contribution in [-0.2, 0) is 7.05 Å². The van der Waals surface area contributed by atoms with Crippen LogP contribution in [0.25, 0.3) is 43.2 Å². The third-order valence-electron chi connectivity index (χ3n) is 5.70. The standard InChI is InChI=1S/C26H22NS/c1-17-13-21-11-12-28-25(21)16-24(17)26-23-10-9-20(19-7-5-4-6-8-19)15-22(23)14-18(2)27(26)3/h4-16H,1-3H3/q+1. The predicted octanol–water partition coefficient (Wildman–Crippen LogP) is 6.83. The summed E-state index contributed by atoms with van der Waals surface area (Å²) in [5.74, 6) is 0. The van der Waals surface area contributed by atoms with Gasteiger partial charge in [0.1, 0.15) is 7.05 Å². The summed E-state index contributed by atoms with van der Waals surface area (Å²) < 4.78 is 3.67. The van der Waals surface area contributed by atoms with E-state index in [1.54, 1.807) is 0 Å². The van der Waals surface area contributed by atoms with Gasteiger partial charge < -0.3 is 0 Å². The molecule has 0 aliphatic carbocycles. The molecule has 2 heterocycles. The molecule has 28 heavy (non-hydrogen) atoms. The first-order chi connectivity index (χ1) is 13.6. The van der Waals surface area contributed by atoms with Crippen LogP contribution in [0.15, 0.2) is 78.2 Å². The highest BCUT2D eigenvalue weighted by Crippen LogP contribution is 2.34. The Morgan fingerprint density at radius 2 is 1.57 bits per heavy atom. The Labute approximate surface area is 169 Å². The van der Waals surface area contributed by atoms with E-state index in [0.29, 0.717) is 0 Å². The Bertz CT molecular complexity index is 1330. The topological polar surface area (TPSA) is 3.88 Å². The van der Waals surface area contributed by atoms with E-state index in [2.05, 4.69) is 104 Å². The first kappa shape index (κ1) is 17.2. The second-order valence-electron chi connectivity index (χ2n) is 7.49. The molecule has 0 aliphatic heterocycles. The van der Waals surface area contributed by atoms with E-state index in [9.17, 15) is 0 Å². The van der Waals surface area contributed by atoms with Gasteiger partial charge in [0.15, 0.2) is 5.69 Å². The number of fused-ring (bicyclic) bond motifs is 2. The highest BCUT2D eigenvalue weighted by atomic mass is 32.1. The first-order valence-corrected chi connectivity index (χ1v) is 10.5. The molecule has 0 bridgehead atoms. The largest absolute Gasteiger partial charge is 0.220 e. The molecule has 5 rings (SSSR count). The molecule has 0 atom stereocenters. The molecule has 3 aromatic carbocycles. The molecule has 0 fully saturated rings. The number of hydrogen-bond donors (Lipinski definition) is 0. The lowest BCUT2D eigenvalue weighted by Crippen LogP contribution is -2.35. The molecule has 136 valence electrons. The lowest BCUT2D eigenvalue weighted by molar-refractivity contribution is -0.665. The number of hydrogen-bond acceptors (Lipinski definition) is 1. The molecular formula is C26H22NS+. The molecule has 0 radical (unpaired) electrons. The molecule has 1 nitrogen and oxygen atoms in total. The molecule has 0 unspecified atom stereocenters. The molecule has 0 amide bonds. The Morgan fingerprint density at radius 1 is 0.750 bits per heavy atom. The second kappa shape index (κ2) is 6.57. The summed E-state index contributed by atoms with van der Waals surface area (Å²) in [7, 11) is 2.17. The fraction of sp³-hybridized carbons (Fsp3) is 0.115. The van der Waals surface area contributed by atoms with Gasteiger partial charge in [0, 0.05) is 17.7 Å². The average molecular weight is 381 g/mol. The Balaban J connectivity index is 1.80. The van der Waals surface area contributed by atoms with Crippen molar-refractivity contribution in [3.05, 3.63) is 89.4 Å². The van der Waals surface area contributed by atoms with Crippen molar-refractivity contribution in [2.45, 2.75) is 13.8 Å². The predicted molar refractivity (Wildman–Crippen MR) is 121 cm³/mol. The van der Waals surface area contributed by atoms with Gasteiger partial charge in [-0.3, -0.25) is 0 Å². The Morgan fingerprint density at radius 3 is 2.39 bits per heavy atom. The summed E-state index contributed by atoms with van der Waals surface area (Å²) >= 11 is 1.81. The number of pyridine rings is 1. The van der Waals surface area contributed by atoms with Crippen LogP contribution in [0.3, 0.4) is 0 Å². The number of thiophene rings is 1. The Kier molecular flexibility index (Phi) is 4.03. The van der Waals surface area contributed by atoms with Gasteiger partial charge in [-0.2, -0.15) is 4.57 Å². The number of aryl methyl sites for hydroxylation is 2. The van der Waals surface area contributed by atoms with Crippen LogP contribution in [0, 0.1) is 13.8 Å². The van der Waals surface area contributed by atoms with Crippen molar-refractivity contribution < 1.29 is 4.57 Å². The number of aromatic nitrogens is 1. The lowest BCUT2D eigenvalue weighted by Gasteiger charge is -2.12. The van der Waals surface area contributed by atoms with Crippen LogP contribution in [0.1, 0.15) is 11.3 Å². The van der Waals surface area contributed by atoms with E-state index < -0.39 is 0 Å². The molecule has 2 aromatic heterocycles. The van der Waals surface area contributed by atoms with E-state index in [1.165, 1.54) is 54.5 Å². The quantitative estimate of drug-likeness (QED) is 0.296. The minimum Gasteiger partial charge on any atom is -0.198 e. The van der Waals surface area contributed by atoms with Gasteiger partial charge in [-0.25, -0.2) is 0 Å². The van der Waals surface area contributed by atoms with E-state index in [4.69, 9.17) is 0 Å². The van der Waals surface area contributed by atoms with E-state index >= 15 is 0 Å². The Hall–Kier alpha value is -2.97. The van der Waals surface area contributed by atoms with Crippen LogP contribution in [0.2, 0.25) is 0 Å². The van der Waals surface area contributed by atoms with Crippen LogP contribution in [0.5, 0.6) is 0 Å². The number of nitrogens with zero attached hydrogens (tertiary/aromatic N) is 1. The van der Waals surface area contributed by atoms with E-state index in [1.807, 2.05) is 11.3 Å². The summed E-state index contributed by atoms with van der Waals surface area (Å²) in [4.78, 5) is 0. The SMILES string of the molecule is Cc1cc2ccsc2cc1-c1c2ccc(-c3ccccc3)cc2cc(C)[n+]1C. The number of rotatable bonds is 2. The van der Waals surface area contributed by atoms with Crippen LogP contribution in [-0.4, -0.2) is 0 Å². The summed E-state index contributed by atoms with van der Waals surface area (Å²) in [6.07, 6.45) is 0. The lowest BCUT2D eigenvalue weighted by atomic mass is 9.95. The summed E-state index contributed by atoms with van der Waals surface area (Å²) in [6.45, 7) is 4.41. The van der Waals surface area contributed by atoms with Gasteiger partial charge in [0.25, 0.3) is 0 Å². The van der Waals surface area contributed by atoms with E-state index in [-0.39, 0.29) is 0 Å². The summed E-state index contributed by atoms with van der Waals surface area (Å²) in [5, 5.41) is 6.09. The maximum absolute atomic E-state index is 2.36. The van der Waals surface area contributed by atoms with Gasteiger partial charge in [-0.15, -0.1) is 11.3 Å². The van der Waals surface area contributed by atoms with Crippen molar-refractivity contribution in [2.75, 3.05) is 0 Å². The third kappa shape index (κ3) is 2.73. The van der Waals surface area contributed by atoms with Crippen molar-refractivity contribution in [3.8, 4) is 22.4 Å². The van der Waals surface area contributed by atoms with Crippen LogP contribution >= 0.6 is 11.3 Å². The minimum atomic E-state index is 1.26. The monoisotopic (exact) mass is 380 g/mol. The van der Waals surface area contributed by atoms with Crippen molar-refractivity contribution in [1.29, 1.82) is 0 Å². The minimum absolute atomic E-state index is 1.26. The summed E-state index contributed by atoms with van der Waals surface area (Å²) in [6, 6.07) is 26.6. The van der Waals surface area contributed by atoms with E-state index in [0.717, 1.165) is 0 Å². The van der Waals surface area contributed by atoms with Gasteiger partial charge in [0.05, 0.1) is 10.9 Å². The highest BCUT2D eigenvalue weighted by Gasteiger charge is 2.20. The normalized spacial score (nSPS) is 11.4. The fourth-order valence-electron chi connectivity index (χ4n) is 4.09. The molecule has 0 saturated carbocycles. The van der Waals surface area contributed by atoms with Gasteiger partial charge in [0.2, 0.25) is 5.69 Å². The molecule has 0 saturated heterocycles. The smallest absolute Gasteiger partial charge is 0.198 e. The van der Waals surface area contributed by atoms with Crippen LogP contribution in [0.4, 0.5) is 0 Å². The average Bonchev–Trinajstić information content (AvgIpc) is 3.16. The summed E-state index contributed by atoms with van der Waals surface area (Å²) in [5.41, 5.74) is 7.71. The van der Waals surface area contributed by atoms with Crippen molar-refractivity contribution >= 4 is 32.2 Å². The maximum atomic E-state index is 2.36. The third-order valence-corrected chi connectivity index (χ3v) is 6.58. The van der Waals surface area contributed by atoms with Crippen LogP contribution < -0.4 is 4.57 Å². The van der Waals surface area contributed by atoms with Gasteiger partial charge in [-0.05, 0) is 70.1 Å². The first-order valence-electron chi connectivity index (χ1n) is 9.59. The molecule has 2 heteroatoms. The maximum Gasteiger partial charge on any atom is 0.220 e. The molecular weight excluding hydrogens is 358 g/mol. The molecule has 5 aromatic rings. The zero-order valence-electron chi connectivity index (χ0n) is 16.4. The zero-order chi connectivity index (χ0) is 19.3. The highest BCUT2D eigenvalue weighted by molar-refractivity contribution is 7.17. The fourth-order valence-corrected chi connectivity index (χ4v) is 4.90. The van der Waals surface area contributed by atoms with Crippen molar-refractivity contribution in [3.63, 3.8) is 0 Å². The molecule has 0 aliphatic rings. The second-order valence-corrected chi connectivity index (χ2v) is 8.43. The van der Waals surface area contributed by atoms with Crippen molar-refractivity contribution in [2.24, 2.45) is 7.05 Å². The van der Waals surface area contributed by atoms with Gasteiger partial charge >= 0.3 is 0 Å². The van der Waals surface area contributed by atoms with Gasteiger partial charge in [-0.1, -0.05) is 36.4 Å². The molecule has 0 N–H and O–H groups in total. The van der Waals surface area contributed by atoms with Crippen molar-refractivity contribution in [1.82, 2.24) is 0 Å². The molecule has 0 spiro atoms. The zero-order valence-corrected chi connectivity index (χ0v) is 17.2.